The lowest BCUT2D eigenvalue weighted by Gasteiger charge is -2.29. The summed E-state index contributed by atoms with van der Waals surface area (Å²) < 4.78 is 5.35. The van der Waals surface area contributed by atoms with E-state index < -0.39 is 18.1 Å². The van der Waals surface area contributed by atoms with E-state index in [1.54, 1.807) is 23.6 Å². The van der Waals surface area contributed by atoms with Gasteiger partial charge in [-0.3, -0.25) is 9.59 Å². The number of esters is 1. The summed E-state index contributed by atoms with van der Waals surface area (Å²) in [5, 5.41) is 2.77. The van der Waals surface area contributed by atoms with Crippen LogP contribution in [0, 0.1) is 6.92 Å². The fourth-order valence-electron chi connectivity index (χ4n) is 3.34. The summed E-state index contributed by atoms with van der Waals surface area (Å²) >= 11 is 1.60. The predicted octanol–water partition coefficient (Wildman–Crippen LogP) is 2.00. The van der Waals surface area contributed by atoms with Crippen molar-refractivity contribution in [3.8, 4) is 0 Å². The number of nitrogens with one attached hydrogen (secondary N) is 1. The van der Waals surface area contributed by atoms with E-state index in [1.807, 2.05) is 38.1 Å². The third-order valence-electron chi connectivity index (χ3n) is 4.97. The molecule has 140 valence electrons. The average molecular weight is 376 g/mol. The Morgan fingerprint density at radius 3 is 2.77 bits per heavy atom. The molecule has 6 nitrogen and oxygen atoms in total. The van der Waals surface area contributed by atoms with Gasteiger partial charge in [0.05, 0.1) is 4.87 Å². The van der Waals surface area contributed by atoms with Gasteiger partial charge < -0.3 is 15.0 Å². The number of amides is 2. The average Bonchev–Trinajstić information content (AvgIpc) is 3.10. The standard InChI is InChI=1S/C19H24N2O4S/c1-12-4-6-14(7-5-12)10-20-17(23)13(2)25-18(24)15-11-26-19(3)9-8-16(22)21(15)19/h4-7,13,15H,8-11H2,1-3H3,(H,20,23)/t13-,15-,19+/m1/s1. The maximum absolute atomic E-state index is 12.5. The predicted molar refractivity (Wildman–Crippen MR) is 99.3 cm³/mol. The zero-order valence-corrected chi connectivity index (χ0v) is 16.1. The molecule has 26 heavy (non-hydrogen) atoms. The zero-order chi connectivity index (χ0) is 18.9. The highest BCUT2D eigenvalue weighted by molar-refractivity contribution is 8.01. The number of hydrogen-bond acceptors (Lipinski definition) is 5. The van der Waals surface area contributed by atoms with E-state index in [1.165, 1.54) is 0 Å². The summed E-state index contributed by atoms with van der Waals surface area (Å²) in [4.78, 5) is 38.1. The van der Waals surface area contributed by atoms with E-state index in [9.17, 15) is 14.4 Å². The van der Waals surface area contributed by atoms with Crippen molar-refractivity contribution in [1.82, 2.24) is 10.2 Å². The number of thioether (sulfide) groups is 1. The van der Waals surface area contributed by atoms with Crippen molar-refractivity contribution < 1.29 is 19.1 Å². The molecular weight excluding hydrogens is 352 g/mol. The fourth-order valence-corrected chi connectivity index (χ4v) is 4.76. The third-order valence-corrected chi connectivity index (χ3v) is 6.47. The molecule has 3 atom stereocenters. The summed E-state index contributed by atoms with van der Waals surface area (Å²) in [6.07, 6.45) is 0.301. The summed E-state index contributed by atoms with van der Waals surface area (Å²) in [6, 6.07) is 7.25. The number of benzene rings is 1. The maximum Gasteiger partial charge on any atom is 0.330 e. The Balaban J connectivity index is 1.53. The van der Waals surface area contributed by atoms with Crippen LogP contribution in [0.4, 0.5) is 0 Å². The molecule has 0 aliphatic carbocycles. The van der Waals surface area contributed by atoms with Crippen molar-refractivity contribution in [3.63, 3.8) is 0 Å². The molecule has 0 radical (unpaired) electrons. The van der Waals surface area contributed by atoms with Gasteiger partial charge in [-0.15, -0.1) is 11.8 Å². The lowest BCUT2D eigenvalue weighted by molar-refractivity contribution is -0.161. The molecule has 0 saturated carbocycles. The molecule has 0 unspecified atom stereocenters. The Bertz CT molecular complexity index is 721. The van der Waals surface area contributed by atoms with Crippen LogP contribution in [0.2, 0.25) is 0 Å². The van der Waals surface area contributed by atoms with Crippen molar-refractivity contribution in [1.29, 1.82) is 0 Å². The van der Waals surface area contributed by atoms with E-state index in [-0.39, 0.29) is 16.7 Å². The number of carbonyl (C=O) groups excluding carboxylic acids is 3. The second-order valence-electron chi connectivity index (χ2n) is 7.05. The van der Waals surface area contributed by atoms with Crippen LogP contribution in [0.5, 0.6) is 0 Å². The molecule has 2 saturated heterocycles. The first-order chi connectivity index (χ1) is 12.3. The number of rotatable bonds is 5. The van der Waals surface area contributed by atoms with Gasteiger partial charge in [0.1, 0.15) is 6.04 Å². The highest BCUT2D eigenvalue weighted by Crippen LogP contribution is 2.47. The Labute approximate surface area is 157 Å². The number of hydrogen-bond donors (Lipinski definition) is 1. The molecular formula is C19H24N2O4S. The van der Waals surface area contributed by atoms with E-state index in [0.29, 0.717) is 18.7 Å². The molecule has 2 amide bonds. The topological polar surface area (TPSA) is 75.7 Å². The summed E-state index contributed by atoms with van der Waals surface area (Å²) in [6.45, 7) is 5.91. The molecule has 1 aromatic rings. The van der Waals surface area contributed by atoms with E-state index >= 15 is 0 Å². The summed E-state index contributed by atoms with van der Waals surface area (Å²) in [5.74, 6) is -0.357. The van der Waals surface area contributed by atoms with Crippen molar-refractivity contribution in [2.45, 2.75) is 57.2 Å². The van der Waals surface area contributed by atoms with Crippen LogP contribution >= 0.6 is 11.8 Å². The van der Waals surface area contributed by atoms with Gasteiger partial charge in [0.15, 0.2) is 6.10 Å². The van der Waals surface area contributed by atoms with Crippen LogP contribution < -0.4 is 5.32 Å². The molecule has 1 N–H and O–H groups in total. The van der Waals surface area contributed by atoms with Gasteiger partial charge in [-0.25, -0.2) is 4.79 Å². The van der Waals surface area contributed by atoms with Crippen LogP contribution in [0.25, 0.3) is 0 Å². The van der Waals surface area contributed by atoms with E-state index in [2.05, 4.69) is 5.32 Å². The third kappa shape index (κ3) is 3.72. The molecule has 7 heteroatoms. The fraction of sp³-hybridized carbons (Fsp3) is 0.526. The second-order valence-corrected chi connectivity index (χ2v) is 8.55. The molecule has 0 bridgehead atoms. The molecule has 3 rings (SSSR count). The van der Waals surface area contributed by atoms with Gasteiger partial charge >= 0.3 is 5.97 Å². The Morgan fingerprint density at radius 2 is 2.08 bits per heavy atom. The molecule has 2 fully saturated rings. The van der Waals surface area contributed by atoms with Gasteiger partial charge in [0.25, 0.3) is 5.91 Å². The minimum Gasteiger partial charge on any atom is -0.451 e. The number of ether oxygens (including phenoxy) is 1. The first-order valence-corrected chi connectivity index (χ1v) is 9.78. The van der Waals surface area contributed by atoms with Crippen molar-refractivity contribution in [3.05, 3.63) is 35.4 Å². The number of fused-ring (bicyclic) bond motifs is 1. The Morgan fingerprint density at radius 1 is 1.38 bits per heavy atom. The first-order valence-electron chi connectivity index (χ1n) is 8.80. The van der Waals surface area contributed by atoms with Crippen LogP contribution in [-0.4, -0.2) is 45.5 Å². The Kier molecular flexibility index (Phi) is 5.27. The highest BCUT2D eigenvalue weighted by atomic mass is 32.2. The summed E-state index contributed by atoms with van der Waals surface area (Å²) in [7, 11) is 0. The summed E-state index contributed by atoms with van der Waals surface area (Å²) in [5.41, 5.74) is 2.13. The lowest BCUT2D eigenvalue weighted by atomic mass is 10.1. The van der Waals surface area contributed by atoms with Crippen LogP contribution in [-0.2, 0) is 25.7 Å². The molecule has 1 aromatic carbocycles. The monoisotopic (exact) mass is 376 g/mol. The molecule has 2 aliphatic heterocycles. The second kappa shape index (κ2) is 7.31. The normalized spacial score (nSPS) is 25.7. The van der Waals surface area contributed by atoms with Gasteiger partial charge in [-0.05, 0) is 32.8 Å². The highest BCUT2D eigenvalue weighted by Gasteiger charge is 2.53. The lowest BCUT2D eigenvalue weighted by Crippen LogP contribution is -2.48. The van der Waals surface area contributed by atoms with Gasteiger partial charge in [-0.1, -0.05) is 29.8 Å². The van der Waals surface area contributed by atoms with Crippen molar-refractivity contribution >= 4 is 29.5 Å². The molecule has 2 aliphatic rings. The van der Waals surface area contributed by atoms with Gasteiger partial charge in [0, 0.05) is 18.7 Å². The van der Waals surface area contributed by atoms with Crippen LogP contribution in [0.1, 0.15) is 37.8 Å². The van der Waals surface area contributed by atoms with Crippen LogP contribution in [0.3, 0.4) is 0 Å². The first kappa shape index (κ1) is 18.8. The number of carbonyl (C=O) groups is 3. The smallest absolute Gasteiger partial charge is 0.330 e. The number of nitrogens with zero attached hydrogens (tertiary/aromatic N) is 1. The zero-order valence-electron chi connectivity index (χ0n) is 15.3. The van der Waals surface area contributed by atoms with Gasteiger partial charge in [0.2, 0.25) is 5.91 Å². The minimum absolute atomic E-state index is 0.0177. The minimum atomic E-state index is -0.900. The van der Waals surface area contributed by atoms with Gasteiger partial charge in [-0.2, -0.15) is 0 Å². The Hall–Kier alpha value is -2.02. The largest absolute Gasteiger partial charge is 0.451 e. The molecule has 2 heterocycles. The molecule has 0 aromatic heterocycles. The number of aryl methyl sites for hydroxylation is 1. The van der Waals surface area contributed by atoms with E-state index in [0.717, 1.165) is 17.5 Å². The van der Waals surface area contributed by atoms with Crippen molar-refractivity contribution in [2.24, 2.45) is 0 Å². The maximum atomic E-state index is 12.5. The SMILES string of the molecule is Cc1ccc(CNC(=O)[C@@H](C)OC(=O)[C@H]2CS[C@@]3(C)CCC(=O)N23)cc1. The quantitative estimate of drug-likeness (QED) is 0.796. The van der Waals surface area contributed by atoms with Crippen LogP contribution in [0.15, 0.2) is 24.3 Å². The van der Waals surface area contributed by atoms with Crippen molar-refractivity contribution in [2.75, 3.05) is 5.75 Å². The van der Waals surface area contributed by atoms with E-state index in [4.69, 9.17) is 4.74 Å². The molecule has 0 spiro atoms.